The minimum Gasteiger partial charge on any atom is -0.493 e. The Morgan fingerprint density at radius 3 is 2.31 bits per heavy atom. The number of para-hydroxylation sites is 1. The fourth-order valence-electron chi connectivity index (χ4n) is 2.47. The fraction of sp³-hybridized carbons (Fsp3) is 0.333. The Morgan fingerprint density at radius 1 is 1.00 bits per heavy atom. The molecule has 2 rings (SSSR count). The third kappa shape index (κ3) is 5.34. The molecule has 0 unspecified atom stereocenters. The van der Waals surface area contributed by atoms with Crippen LogP contribution in [0.3, 0.4) is 0 Å². The topological polar surface area (TPSA) is 64.6 Å². The van der Waals surface area contributed by atoms with Crippen LogP contribution in [0.4, 0.5) is 0 Å². The van der Waals surface area contributed by atoms with Crippen molar-refractivity contribution < 1.29 is 19.1 Å². The summed E-state index contributed by atoms with van der Waals surface area (Å²) in [5, 5.41) is 2.77. The summed E-state index contributed by atoms with van der Waals surface area (Å²) in [6, 6.07) is 15.7. The summed E-state index contributed by atoms with van der Waals surface area (Å²) >= 11 is 0. The van der Waals surface area contributed by atoms with Crippen molar-refractivity contribution in [3.05, 3.63) is 65.7 Å². The maximum Gasteiger partial charge on any atom is 0.329 e. The van der Waals surface area contributed by atoms with E-state index >= 15 is 0 Å². The van der Waals surface area contributed by atoms with Gasteiger partial charge >= 0.3 is 5.97 Å². The first-order chi connectivity index (χ1) is 12.5. The van der Waals surface area contributed by atoms with Crippen LogP contribution >= 0.6 is 0 Å². The Bertz CT molecular complexity index is 728. The lowest BCUT2D eigenvalue weighted by molar-refractivity contribution is -0.148. The number of benzene rings is 2. The zero-order valence-corrected chi connectivity index (χ0v) is 15.4. The Hall–Kier alpha value is -2.82. The molecular formula is C21H25NO4. The molecule has 0 aliphatic carbocycles. The average Bonchev–Trinajstić information content (AvgIpc) is 2.65. The van der Waals surface area contributed by atoms with Gasteiger partial charge < -0.3 is 14.8 Å². The van der Waals surface area contributed by atoms with E-state index in [0.29, 0.717) is 17.9 Å². The standard InChI is InChI=1S/C21H25NO4/c1-4-25-18-13-9-8-12-17(18)20(23)22-19(15(2)3)21(24)26-14-16-10-6-5-7-11-16/h5-13,15,19H,4,14H2,1-3H3,(H,22,23)/t19-/m0/s1. The van der Waals surface area contributed by atoms with E-state index in [2.05, 4.69) is 5.32 Å². The van der Waals surface area contributed by atoms with Gasteiger partial charge in [0.15, 0.2) is 0 Å². The third-order valence-corrected chi connectivity index (χ3v) is 3.86. The highest BCUT2D eigenvalue weighted by Crippen LogP contribution is 2.18. The van der Waals surface area contributed by atoms with Crippen molar-refractivity contribution >= 4 is 11.9 Å². The molecule has 1 N–H and O–H groups in total. The maximum atomic E-state index is 12.6. The van der Waals surface area contributed by atoms with E-state index in [0.717, 1.165) is 5.56 Å². The molecule has 0 saturated heterocycles. The molecule has 0 radical (unpaired) electrons. The predicted octanol–water partition coefficient (Wildman–Crippen LogP) is 3.58. The van der Waals surface area contributed by atoms with Crippen LogP contribution < -0.4 is 10.1 Å². The second-order valence-corrected chi connectivity index (χ2v) is 6.22. The van der Waals surface area contributed by atoms with E-state index in [-0.39, 0.29) is 18.4 Å². The molecule has 0 saturated carbocycles. The zero-order chi connectivity index (χ0) is 18.9. The lowest BCUT2D eigenvalue weighted by atomic mass is 10.0. The highest BCUT2D eigenvalue weighted by molar-refractivity contribution is 5.99. The summed E-state index contributed by atoms with van der Waals surface area (Å²) < 4.78 is 10.9. The van der Waals surface area contributed by atoms with Crippen molar-refractivity contribution in [3.63, 3.8) is 0 Å². The summed E-state index contributed by atoms with van der Waals surface area (Å²) in [7, 11) is 0. The number of ether oxygens (including phenoxy) is 2. The largest absolute Gasteiger partial charge is 0.493 e. The summed E-state index contributed by atoms with van der Waals surface area (Å²) in [4.78, 5) is 25.1. The van der Waals surface area contributed by atoms with E-state index in [4.69, 9.17) is 9.47 Å². The van der Waals surface area contributed by atoms with Gasteiger partial charge in [-0.05, 0) is 30.5 Å². The van der Waals surface area contributed by atoms with Crippen LogP contribution in [0.25, 0.3) is 0 Å². The van der Waals surface area contributed by atoms with Crippen LogP contribution in [-0.2, 0) is 16.1 Å². The van der Waals surface area contributed by atoms with Crippen molar-refractivity contribution in [1.82, 2.24) is 5.32 Å². The van der Waals surface area contributed by atoms with Gasteiger partial charge in [0.25, 0.3) is 5.91 Å². The van der Waals surface area contributed by atoms with Crippen LogP contribution in [-0.4, -0.2) is 24.5 Å². The van der Waals surface area contributed by atoms with Crippen molar-refractivity contribution in [1.29, 1.82) is 0 Å². The lowest BCUT2D eigenvalue weighted by Crippen LogP contribution is -2.45. The molecule has 138 valence electrons. The molecule has 1 amide bonds. The molecule has 0 aromatic heterocycles. The van der Waals surface area contributed by atoms with Crippen molar-refractivity contribution in [2.75, 3.05) is 6.61 Å². The van der Waals surface area contributed by atoms with Gasteiger partial charge in [0.2, 0.25) is 0 Å². The quantitative estimate of drug-likeness (QED) is 0.735. The fourth-order valence-corrected chi connectivity index (χ4v) is 2.47. The van der Waals surface area contributed by atoms with Crippen LogP contribution in [0.15, 0.2) is 54.6 Å². The lowest BCUT2D eigenvalue weighted by Gasteiger charge is -2.21. The van der Waals surface area contributed by atoms with Gasteiger partial charge in [0.05, 0.1) is 12.2 Å². The Kier molecular flexibility index (Phi) is 7.21. The molecule has 2 aromatic rings. The molecule has 0 spiro atoms. The summed E-state index contributed by atoms with van der Waals surface area (Å²) in [6.45, 7) is 6.21. The second kappa shape index (κ2) is 9.61. The first kappa shape index (κ1) is 19.5. The number of rotatable bonds is 8. The van der Waals surface area contributed by atoms with Crippen molar-refractivity contribution in [3.8, 4) is 5.75 Å². The van der Waals surface area contributed by atoms with E-state index in [1.807, 2.05) is 51.1 Å². The summed E-state index contributed by atoms with van der Waals surface area (Å²) in [6.07, 6.45) is 0. The summed E-state index contributed by atoms with van der Waals surface area (Å²) in [5.41, 5.74) is 1.30. The second-order valence-electron chi connectivity index (χ2n) is 6.22. The monoisotopic (exact) mass is 355 g/mol. The number of amides is 1. The van der Waals surface area contributed by atoms with Gasteiger partial charge in [0.1, 0.15) is 18.4 Å². The van der Waals surface area contributed by atoms with Gasteiger partial charge in [-0.1, -0.05) is 56.3 Å². The van der Waals surface area contributed by atoms with Gasteiger partial charge in [-0.2, -0.15) is 0 Å². The molecule has 0 fully saturated rings. The van der Waals surface area contributed by atoms with E-state index in [9.17, 15) is 9.59 Å². The predicted molar refractivity (Wildman–Crippen MR) is 99.9 cm³/mol. The van der Waals surface area contributed by atoms with Crippen LogP contribution in [0.1, 0.15) is 36.7 Å². The molecule has 26 heavy (non-hydrogen) atoms. The molecular weight excluding hydrogens is 330 g/mol. The molecule has 0 bridgehead atoms. The van der Waals surface area contributed by atoms with Gasteiger partial charge in [-0.15, -0.1) is 0 Å². The van der Waals surface area contributed by atoms with Crippen LogP contribution in [0.2, 0.25) is 0 Å². The molecule has 5 heteroatoms. The Morgan fingerprint density at radius 2 is 1.65 bits per heavy atom. The number of esters is 1. The smallest absolute Gasteiger partial charge is 0.329 e. The van der Waals surface area contributed by atoms with E-state index < -0.39 is 12.0 Å². The average molecular weight is 355 g/mol. The molecule has 1 atom stereocenters. The van der Waals surface area contributed by atoms with E-state index in [1.54, 1.807) is 24.3 Å². The molecule has 0 aliphatic heterocycles. The van der Waals surface area contributed by atoms with Gasteiger partial charge in [0, 0.05) is 0 Å². The Balaban J connectivity index is 2.05. The SMILES string of the molecule is CCOc1ccccc1C(=O)N[C@H](C(=O)OCc1ccccc1)C(C)C. The minimum absolute atomic E-state index is 0.110. The first-order valence-electron chi connectivity index (χ1n) is 8.76. The summed E-state index contributed by atoms with van der Waals surface area (Å²) in [5.74, 6) is -0.426. The number of carbonyl (C=O) groups is 2. The molecule has 5 nitrogen and oxygen atoms in total. The van der Waals surface area contributed by atoms with Gasteiger partial charge in [-0.25, -0.2) is 4.79 Å². The molecule has 2 aromatic carbocycles. The number of carbonyl (C=O) groups excluding carboxylic acids is 2. The number of nitrogens with one attached hydrogen (secondary N) is 1. The van der Waals surface area contributed by atoms with Crippen LogP contribution in [0, 0.1) is 5.92 Å². The van der Waals surface area contributed by atoms with Crippen LogP contribution in [0.5, 0.6) is 5.75 Å². The number of hydrogen-bond acceptors (Lipinski definition) is 4. The van der Waals surface area contributed by atoms with Crippen molar-refractivity contribution in [2.24, 2.45) is 5.92 Å². The van der Waals surface area contributed by atoms with Crippen molar-refractivity contribution in [2.45, 2.75) is 33.4 Å². The zero-order valence-electron chi connectivity index (χ0n) is 15.4. The van der Waals surface area contributed by atoms with Gasteiger partial charge in [-0.3, -0.25) is 4.79 Å². The maximum absolute atomic E-state index is 12.6. The highest BCUT2D eigenvalue weighted by atomic mass is 16.5. The molecule has 0 heterocycles. The van der Waals surface area contributed by atoms with E-state index in [1.165, 1.54) is 0 Å². The minimum atomic E-state index is -0.735. The molecule has 0 aliphatic rings. The Labute approximate surface area is 154 Å². The third-order valence-electron chi connectivity index (χ3n) is 3.86. The normalized spacial score (nSPS) is 11.7. The number of hydrogen-bond donors (Lipinski definition) is 1. The highest BCUT2D eigenvalue weighted by Gasteiger charge is 2.27. The first-order valence-corrected chi connectivity index (χ1v) is 8.76.